The summed E-state index contributed by atoms with van der Waals surface area (Å²) in [7, 11) is 0. The van der Waals surface area contributed by atoms with Gasteiger partial charge in [-0.2, -0.15) is 0 Å². The molecule has 0 saturated carbocycles. The molecule has 1 N–H and O–H groups in total. The second kappa shape index (κ2) is 8.99. The van der Waals surface area contributed by atoms with Gasteiger partial charge < -0.3 is 5.21 Å². The molecule has 0 aromatic heterocycles. The molecule has 0 unspecified atom stereocenters. The Morgan fingerprint density at radius 1 is 0.700 bits per heavy atom. The van der Waals surface area contributed by atoms with Crippen LogP contribution >= 0.6 is 0 Å². The molecule has 0 spiro atoms. The molecule has 2 heteroatoms. The Bertz CT molecular complexity index is 379. The lowest BCUT2D eigenvalue weighted by Gasteiger charge is -2.17. The predicted molar refractivity (Wildman–Crippen MR) is 85.4 cm³/mol. The maximum Gasteiger partial charge on any atom is 0.0836 e. The van der Waals surface area contributed by atoms with Crippen molar-refractivity contribution in [2.75, 3.05) is 0 Å². The molecular weight excluding hydrogens is 246 g/mol. The summed E-state index contributed by atoms with van der Waals surface area (Å²) in [5, 5.41) is 12.4. The van der Waals surface area contributed by atoms with Crippen LogP contribution in [0.4, 0.5) is 0 Å². The van der Waals surface area contributed by atoms with E-state index in [1.54, 1.807) is 0 Å². The first-order valence-electron chi connectivity index (χ1n) is 8.50. The number of nitrogens with zero attached hydrogens (tertiary/aromatic N) is 1. The van der Waals surface area contributed by atoms with E-state index in [0.717, 1.165) is 12.1 Å². The van der Waals surface area contributed by atoms with Gasteiger partial charge in [0.2, 0.25) is 0 Å². The van der Waals surface area contributed by atoms with Crippen LogP contribution in [0, 0.1) is 0 Å². The van der Waals surface area contributed by atoms with E-state index >= 15 is 0 Å². The highest BCUT2D eigenvalue weighted by Crippen LogP contribution is 2.27. The SMILES string of the molecule is ON=C1C=CC2=C(CCCCCCCCCCCC2)C1. The molecule has 112 valence electrons. The Morgan fingerprint density at radius 3 is 1.85 bits per heavy atom. The molecule has 0 radical (unpaired) electrons. The summed E-state index contributed by atoms with van der Waals surface area (Å²) in [5.74, 6) is 0. The Balaban J connectivity index is 1.95. The molecule has 0 saturated heterocycles. The van der Waals surface area contributed by atoms with Crippen LogP contribution in [0.15, 0.2) is 28.5 Å². The minimum atomic E-state index is 0.824. The van der Waals surface area contributed by atoms with E-state index < -0.39 is 0 Å². The highest BCUT2D eigenvalue weighted by Gasteiger charge is 2.12. The van der Waals surface area contributed by atoms with E-state index in [0.29, 0.717) is 0 Å². The maximum atomic E-state index is 8.97. The van der Waals surface area contributed by atoms with Gasteiger partial charge in [0.1, 0.15) is 0 Å². The monoisotopic (exact) mass is 275 g/mol. The lowest BCUT2D eigenvalue weighted by molar-refractivity contribution is 0.318. The number of oxime groups is 1. The molecule has 20 heavy (non-hydrogen) atoms. The molecule has 2 rings (SSSR count). The van der Waals surface area contributed by atoms with Crippen molar-refractivity contribution in [3.05, 3.63) is 23.3 Å². The van der Waals surface area contributed by atoms with Gasteiger partial charge in [-0.25, -0.2) is 0 Å². The van der Waals surface area contributed by atoms with E-state index in [1.807, 2.05) is 6.08 Å². The van der Waals surface area contributed by atoms with Crippen LogP contribution in [-0.4, -0.2) is 10.9 Å². The molecule has 2 aliphatic rings. The quantitative estimate of drug-likeness (QED) is 0.442. The molecule has 2 aliphatic carbocycles. The Labute approximate surface area is 123 Å². The second-order valence-corrected chi connectivity index (χ2v) is 6.27. The number of hydrogen-bond donors (Lipinski definition) is 1. The molecule has 0 heterocycles. The van der Waals surface area contributed by atoms with Crippen LogP contribution in [0.2, 0.25) is 0 Å². The van der Waals surface area contributed by atoms with Gasteiger partial charge in [0.25, 0.3) is 0 Å². The first kappa shape index (κ1) is 15.3. The average Bonchev–Trinajstić information content (AvgIpc) is 2.49. The molecule has 0 bridgehead atoms. The smallest absolute Gasteiger partial charge is 0.0836 e. The van der Waals surface area contributed by atoms with Gasteiger partial charge in [-0.15, -0.1) is 0 Å². The zero-order valence-corrected chi connectivity index (χ0v) is 12.7. The lowest BCUT2D eigenvalue weighted by atomic mass is 9.89. The highest BCUT2D eigenvalue weighted by molar-refractivity contribution is 5.97. The van der Waals surface area contributed by atoms with Crippen LogP contribution < -0.4 is 0 Å². The van der Waals surface area contributed by atoms with Gasteiger partial charge in [-0.1, -0.05) is 68.2 Å². The highest BCUT2D eigenvalue weighted by atomic mass is 16.4. The molecule has 0 aliphatic heterocycles. The zero-order chi connectivity index (χ0) is 14.0. The van der Waals surface area contributed by atoms with Crippen molar-refractivity contribution in [3.8, 4) is 0 Å². The van der Waals surface area contributed by atoms with Gasteiger partial charge in [-0.05, 0) is 37.3 Å². The third kappa shape index (κ3) is 5.15. The van der Waals surface area contributed by atoms with E-state index in [9.17, 15) is 0 Å². The third-order valence-corrected chi connectivity index (χ3v) is 4.63. The third-order valence-electron chi connectivity index (χ3n) is 4.63. The zero-order valence-electron chi connectivity index (χ0n) is 12.7. The minimum Gasteiger partial charge on any atom is -0.411 e. The van der Waals surface area contributed by atoms with Crippen molar-refractivity contribution in [3.63, 3.8) is 0 Å². The lowest BCUT2D eigenvalue weighted by Crippen LogP contribution is -2.05. The van der Waals surface area contributed by atoms with Crippen LogP contribution in [0.25, 0.3) is 0 Å². The molecule has 0 aromatic rings. The first-order chi connectivity index (χ1) is 9.90. The standard InChI is InChI=1S/C18H29NO/c20-19-18-14-13-16-11-9-7-5-3-1-2-4-6-8-10-12-17(16)15-18/h13-14,20H,1-12,15H2. The van der Waals surface area contributed by atoms with Gasteiger partial charge in [-0.3, -0.25) is 0 Å². The van der Waals surface area contributed by atoms with Gasteiger partial charge in [0, 0.05) is 6.42 Å². The average molecular weight is 275 g/mol. The topological polar surface area (TPSA) is 32.6 Å². The predicted octanol–water partition coefficient (Wildman–Crippen LogP) is 5.77. The fraction of sp³-hybridized carbons (Fsp3) is 0.722. The van der Waals surface area contributed by atoms with Crippen molar-refractivity contribution >= 4 is 5.71 Å². The van der Waals surface area contributed by atoms with Crippen LogP contribution in [0.5, 0.6) is 0 Å². The molecule has 0 aromatic carbocycles. The number of allylic oxidation sites excluding steroid dienone is 4. The maximum absolute atomic E-state index is 8.97. The Morgan fingerprint density at radius 2 is 1.25 bits per heavy atom. The molecular formula is C18H29NO. The largest absolute Gasteiger partial charge is 0.411 e. The van der Waals surface area contributed by atoms with E-state index in [-0.39, 0.29) is 0 Å². The Hall–Kier alpha value is -1.05. The minimum absolute atomic E-state index is 0.824. The summed E-state index contributed by atoms with van der Waals surface area (Å²) in [6, 6.07) is 0. The fourth-order valence-electron chi connectivity index (χ4n) is 3.35. The fourth-order valence-corrected chi connectivity index (χ4v) is 3.35. The molecule has 0 atom stereocenters. The summed E-state index contributed by atoms with van der Waals surface area (Å²) in [6.45, 7) is 0. The molecule has 2 nitrogen and oxygen atoms in total. The van der Waals surface area contributed by atoms with Crippen molar-refractivity contribution < 1.29 is 5.21 Å². The van der Waals surface area contributed by atoms with Gasteiger partial charge in [0.05, 0.1) is 5.71 Å². The van der Waals surface area contributed by atoms with Crippen LogP contribution in [0.3, 0.4) is 0 Å². The van der Waals surface area contributed by atoms with Crippen LogP contribution in [-0.2, 0) is 0 Å². The van der Waals surface area contributed by atoms with Gasteiger partial charge >= 0.3 is 0 Å². The summed E-state index contributed by atoms with van der Waals surface area (Å²) >= 11 is 0. The normalized spacial score (nSPS) is 25.3. The van der Waals surface area contributed by atoms with E-state index in [4.69, 9.17) is 5.21 Å². The van der Waals surface area contributed by atoms with Crippen molar-refractivity contribution in [2.45, 2.75) is 83.5 Å². The van der Waals surface area contributed by atoms with E-state index in [2.05, 4.69) is 11.2 Å². The molecule has 0 fully saturated rings. The Kier molecular flexibility index (Phi) is 6.90. The van der Waals surface area contributed by atoms with E-state index in [1.165, 1.54) is 88.2 Å². The van der Waals surface area contributed by atoms with Crippen LogP contribution in [0.1, 0.15) is 83.5 Å². The summed E-state index contributed by atoms with van der Waals surface area (Å²) in [5.41, 5.74) is 3.87. The second-order valence-electron chi connectivity index (χ2n) is 6.27. The summed E-state index contributed by atoms with van der Waals surface area (Å²) in [4.78, 5) is 0. The van der Waals surface area contributed by atoms with Crippen molar-refractivity contribution in [1.82, 2.24) is 0 Å². The number of hydrogen-bond acceptors (Lipinski definition) is 2. The summed E-state index contributed by atoms with van der Waals surface area (Å²) < 4.78 is 0. The van der Waals surface area contributed by atoms with Crippen molar-refractivity contribution in [1.29, 1.82) is 0 Å². The summed E-state index contributed by atoms with van der Waals surface area (Å²) in [6.07, 6.45) is 21.3. The van der Waals surface area contributed by atoms with Crippen molar-refractivity contribution in [2.24, 2.45) is 5.16 Å². The van der Waals surface area contributed by atoms with Gasteiger partial charge in [0.15, 0.2) is 0 Å². The first-order valence-corrected chi connectivity index (χ1v) is 8.50. The molecule has 0 amide bonds. The number of rotatable bonds is 0.